The summed E-state index contributed by atoms with van der Waals surface area (Å²) >= 11 is 0. The van der Waals surface area contributed by atoms with Crippen molar-refractivity contribution in [2.24, 2.45) is 5.90 Å². The molecule has 0 aliphatic rings. The molecule has 0 spiro atoms. The normalized spacial score (nSPS) is 10.7. The van der Waals surface area contributed by atoms with Crippen molar-refractivity contribution in [2.75, 3.05) is 20.8 Å². The molecule has 0 saturated carbocycles. The maximum Gasteiger partial charge on any atom is 0.126 e. The molecule has 0 aromatic heterocycles. The van der Waals surface area contributed by atoms with Gasteiger partial charge >= 0.3 is 0 Å². The number of methoxy groups -OCH3 is 2. The second kappa shape index (κ2) is 6.87. The van der Waals surface area contributed by atoms with Crippen LogP contribution in [0, 0.1) is 0 Å². The Morgan fingerprint density at radius 1 is 1.25 bits per heavy atom. The van der Waals surface area contributed by atoms with Crippen LogP contribution < -0.4 is 15.4 Å². The standard InChI is InChI=1S/C12H17NO3/c1-14-11-6-7-12(15-2)10(9-11)5-3-4-8-16-13/h3,5-7,9H,4,8,13H2,1-2H3/b5-3+. The Morgan fingerprint density at radius 3 is 2.69 bits per heavy atom. The number of nitrogens with two attached hydrogens (primary N) is 1. The van der Waals surface area contributed by atoms with Crippen LogP contribution in [0.2, 0.25) is 0 Å². The van der Waals surface area contributed by atoms with Gasteiger partial charge in [0.05, 0.1) is 20.8 Å². The molecule has 0 radical (unpaired) electrons. The van der Waals surface area contributed by atoms with Crippen LogP contribution in [-0.4, -0.2) is 20.8 Å². The molecule has 0 fully saturated rings. The predicted molar refractivity (Wildman–Crippen MR) is 63.3 cm³/mol. The Hall–Kier alpha value is -1.52. The zero-order valence-electron chi connectivity index (χ0n) is 9.60. The van der Waals surface area contributed by atoms with E-state index >= 15 is 0 Å². The minimum absolute atomic E-state index is 0.503. The van der Waals surface area contributed by atoms with Gasteiger partial charge in [0.25, 0.3) is 0 Å². The SMILES string of the molecule is COc1ccc(OC)c(/C=C/CCON)c1. The third-order valence-electron chi connectivity index (χ3n) is 2.14. The van der Waals surface area contributed by atoms with Crippen molar-refractivity contribution in [3.63, 3.8) is 0 Å². The summed E-state index contributed by atoms with van der Waals surface area (Å²) in [6, 6.07) is 5.65. The second-order valence-electron chi connectivity index (χ2n) is 3.17. The Morgan fingerprint density at radius 2 is 2.06 bits per heavy atom. The molecule has 2 N–H and O–H groups in total. The number of hydrogen-bond acceptors (Lipinski definition) is 4. The minimum Gasteiger partial charge on any atom is -0.497 e. The van der Waals surface area contributed by atoms with E-state index in [2.05, 4.69) is 4.84 Å². The Balaban J connectivity index is 2.78. The summed E-state index contributed by atoms with van der Waals surface area (Å²) < 4.78 is 10.4. The van der Waals surface area contributed by atoms with E-state index in [1.165, 1.54) is 0 Å². The van der Waals surface area contributed by atoms with Crippen molar-refractivity contribution in [2.45, 2.75) is 6.42 Å². The van der Waals surface area contributed by atoms with Gasteiger partial charge in [0, 0.05) is 5.56 Å². The fourth-order valence-electron chi connectivity index (χ4n) is 1.32. The van der Waals surface area contributed by atoms with Gasteiger partial charge in [0.15, 0.2) is 0 Å². The molecule has 0 aliphatic carbocycles. The third kappa shape index (κ3) is 3.56. The quantitative estimate of drug-likeness (QED) is 0.592. The second-order valence-corrected chi connectivity index (χ2v) is 3.17. The number of benzene rings is 1. The molecule has 16 heavy (non-hydrogen) atoms. The highest BCUT2D eigenvalue weighted by atomic mass is 16.6. The van der Waals surface area contributed by atoms with Gasteiger partial charge in [-0.25, -0.2) is 5.90 Å². The van der Waals surface area contributed by atoms with E-state index in [1.54, 1.807) is 14.2 Å². The molecule has 0 amide bonds. The minimum atomic E-state index is 0.503. The first-order valence-corrected chi connectivity index (χ1v) is 5.02. The molecule has 1 aromatic rings. The van der Waals surface area contributed by atoms with Gasteiger partial charge in [-0.2, -0.15) is 0 Å². The smallest absolute Gasteiger partial charge is 0.126 e. The van der Waals surface area contributed by atoms with Crippen LogP contribution >= 0.6 is 0 Å². The van der Waals surface area contributed by atoms with Crippen molar-refractivity contribution in [1.82, 2.24) is 0 Å². The zero-order valence-corrected chi connectivity index (χ0v) is 9.60. The van der Waals surface area contributed by atoms with Gasteiger partial charge in [-0.15, -0.1) is 0 Å². The van der Waals surface area contributed by atoms with E-state index in [-0.39, 0.29) is 0 Å². The van der Waals surface area contributed by atoms with Crippen LogP contribution in [-0.2, 0) is 4.84 Å². The lowest BCUT2D eigenvalue weighted by Crippen LogP contribution is -1.98. The van der Waals surface area contributed by atoms with E-state index in [0.29, 0.717) is 6.61 Å². The van der Waals surface area contributed by atoms with Crippen LogP contribution in [0.25, 0.3) is 6.08 Å². The van der Waals surface area contributed by atoms with Gasteiger partial charge < -0.3 is 14.3 Å². The number of ether oxygens (including phenoxy) is 2. The van der Waals surface area contributed by atoms with Crippen LogP contribution in [0.1, 0.15) is 12.0 Å². The highest BCUT2D eigenvalue weighted by Crippen LogP contribution is 2.25. The Kier molecular flexibility index (Phi) is 5.39. The van der Waals surface area contributed by atoms with Crippen molar-refractivity contribution in [3.05, 3.63) is 29.8 Å². The highest BCUT2D eigenvalue weighted by molar-refractivity contribution is 5.59. The average Bonchev–Trinajstić information content (AvgIpc) is 2.34. The van der Waals surface area contributed by atoms with Gasteiger partial charge in [-0.1, -0.05) is 12.2 Å². The molecule has 4 heteroatoms. The van der Waals surface area contributed by atoms with Crippen LogP contribution in [0.4, 0.5) is 0 Å². The third-order valence-corrected chi connectivity index (χ3v) is 2.14. The molecule has 0 atom stereocenters. The topological polar surface area (TPSA) is 53.7 Å². The molecule has 88 valence electrons. The molecule has 1 aromatic carbocycles. The number of rotatable bonds is 6. The lowest BCUT2D eigenvalue weighted by molar-refractivity contribution is 0.143. The summed E-state index contributed by atoms with van der Waals surface area (Å²) in [5.41, 5.74) is 0.971. The molecule has 4 nitrogen and oxygen atoms in total. The van der Waals surface area contributed by atoms with Gasteiger partial charge in [0.2, 0.25) is 0 Å². The lowest BCUT2D eigenvalue weighted by atomic mass is 10.1. The summed E-state index contributed by atoms with van der Waals surface area (Å²) in [5, 5.41) is 0. The molecule has 0 bridgehead atoms. The summed E-state index contributed by atoms with van der Waals surface area (Å²) in [6.07, 6.45) is 4.70. The van der Waals surface area contributed by atoms with Crippen molar-refractivity contribution in [1.29, 1.82) is 0 Å². The Labute approximate surface area is 95.6 Å². The van der Waals surface area contributed by atoms with Crippen LogP contribution in [0.5, 0.6) is 11.5 Å². The maximum absolute atomic E-state index is 5.24. The number of hydrogen-bond donors (Lipinski definition) is 1. The molecule has 1 rings (SSSR count). The summed E-state index contributed by atoms with van der Waals surface area (Å²) in [7, 11) is 3.28. The van der Waals surface area contributed by atoms with Gasteiger partial charge in [-0.05, 0) is 24.6 Å². The van der Waals surface area contributed by atoms with Crippen molar-refractivity contribution in [3.8, 4) is 11.5 Å². The van der Waals surface area contributed by atoms with Crippen molar-refractivity contribution < 1.29 is 14.3 Å². The summed E-state index contributed by atoms with van der Waals surface area (Å²) in [5.74, 6) is 6.54. The first-order valence-electron chi connectivity index (χ1n) is 5.02. The molecule has 0 saturated heterocycles. The zero-order chi connectivity index (χ0) is 11.8. The molecular weight excluding hydrogens is 206 g/mol. The first kappa shape index (κ1) is 12.5. The van der Waals surface area contributed by atoms with E-state index < -0.39 is 0 Å². The van der Waals surface area contributed by atoms with Gasteiger partial charge in [0.1, 0.15) is 11.5 Å². The lowest BCUT2D eigenvalue weighted by Gasteiger charge is -2.07. The summed E-state index contributed by atoms with van der Waals surface area (Å²) in [4.78, 5) is 4.47. The largest absolute Gasteiger partial charge is 0.497 e. The maximum atomic E-state index is 5.24. The van der Waals surface area contributed by atoms with E-state index in [0.717, 1.165) is 23.5 Å². The van der Waals surface area contributed by atoms with E-state index in [1.807, 2.05) is 30.4 Å². The predicted octanol–water partition coefficient (Wildman–Crippen LogP) is 2.00. The van der Waals surface area contributed by atoms with E-state index in [9.17, 15) is 0 Å². The fourth-order valence-corrected chi connectivity index (χ4v) is 1.32. The van der Waals surface area contributed by atoms with Crippen LogP contribution in [0.3, 0.4) is 0 Å². The van der Waals surface area contributed by atoms with Crippen molar-refractivity contribution >= 4 is 6.08 Å². The molecule has 0 aliphatic heterocycles. The highest BCUT2D eigenvalue weighted by Gasteiger charge is 2.01. The summed E-state index contributed by atoms with van der Waals surface area (Å²) in [6.45, 7) is 0.503. The fraction of sp³-hybridized carbons (Fsp3) is 0.333. The Bertz CT molecular complexity index is 350. The molecular formula is C12H17NO3. The molecule has 0 heterocycles. The first-order chi connectivity index (χ1) is 7.81. The van der Waals surface area contributed by atoms with Gasteiger partial charge in [-0.3, -0.25) is 0 Å². The monoisotopic (exact) mass is 223 g/mol. The average molecular weight is 223 g/mol. The van der Waals surface area contributed by atoms with Crippen LogP contribution in [0.15, 0.2) is 24.3 Å². The van der Waals surface area contributed by atoms with E-state index in [4.69, 9.17) is 15.4 Å². The molecule has 0 unspecified atom stereocenters.